The van der Waals surface area contributed by atoms with Crippen LogP contribution in [-0.2, 0) is 0 Å². The van der Waals surface area contributed by atoms with Crippen molar-refractivity contribution in [2.45, 2.75) is 45.1 Å². The molecule has 18 heavy (non-hydrogen) atoms. The van der Waals surface area contributed by atoms with Gasteiger partial charge in [-0.05, 0) is 30.9 Å². The number of carbonyl (C=O) groups excluding carboxylic acids is 1. The van der Waals surface area contributed by atoms with E-state index in [2.05, 4.69) is 17.2 Å². The van der Waals surface area contributed by atoms with Gasteiger partial charge in [-0.2, -0.15) is 4.39 Å². The molecule has 1 fully saturated rings. The highest BCUT2D eigenvalue weighted by atomic mass is 19.1. The van der Waals surface area contributed by atoms with E-state index in [9.17, 15) is 9.18 Å². The van der Waals surface area contributed by atoms with Crippen LogP contribution in [0.15, 0.2) is 18.3 Å². The van der Waals surface area contributed by atoms with Crippen molar-refractivity contribution in [2.24, 2.45) is 5.92 Å². The summed E-state index contributed by atoms with van der Waals surface area (Å²) in [5.74, 6) is -0.591. The lowest BCUT2D eigenvalue weighted by Gasteiger charge is -2.22. The van der Waals surface area contributed by atoms with Gasteiger partial charge in [0.25, 0.3) is 5.91 Å². The number of carbonyl (C=O) groups is 1. The van der Waals surface area contributed by atoms with Gasteiger partial charge in [-0.25, -0.2) is 4.98 Å². The molecule has 0 radical (unpaired) electrons. The fourth-order valence-electron chi connectivity index (χ4n) is 2.51. The highest BCUT2D eigenvalue weighted by Gasteiger charge is 2.23. The third kappa shape index (κ3) is 3.06. The highest BCUT2D eigenvalue weighted by Crippen LogP contribution is 2.23. The summed E-state index contributed by atoms with van der Waals surface area (Å²) in [4.78, 5) is 15.5. The molecule has 0 saturated heterocycles. The largest absolute Gasteiger partial charge is 0.349 e. The summed E-state index contributed by atoms with van der Waals surface area (Å²) in [6.45, 7) is 2.15. The minimum atomic E-state index is -0.698. The van der Waals surface area contributed by atoms with E-state index < -0.39 is 5.95 Å². The van der Waals surface area contributed by atoms with Crippen LogP contribution in [0.5, 0.6) is 0 Å². The third-order valence-electron chi connectivity index (χ3n) is 3.68. The molecule has 2 atom stereocenters. The van der Waals surface area contributed by atoms with Gasteiger partial charge in [0, 0.05) is 12.2 Å². The number of pyridine rings is 1. The van der Waals surface area contributed by atoms with Crippen LogP contribution in [-0.4, -0.2) is 16.9 Å². The summed E-state index contributed by atoms with van der Waals surface area (Å²) >= 11 is 0. The van der Waals surface area contributed by atoms with Crippen LogP contribution in [0.3, 0.4) is 0 Å². The van der Waals surface area contributed by atoms with E-state index in [0.29, 0.717) is 5.92 Å². The van der Waals surface area contributed by atoms with E-state index in [-0.39, 0.29) is 17.5 Å². The number of nitrogens with zero attached hydrogens (tertiary/aromatic N) is 1. The van der Waals surface area contributed by atoms with Gasteiger partial charge in [0.2, 0.25) is 5.95 Å². The minimum absolute atomic E-state index is 0.0361. The molecule has 0 aromatic carbocycles. The van der Waals surface area contributed by atoms with Crippen LogP contribution in [0.4, 0.5) is 4.39 Å². The summed E-state index contributed by atoms with van der Waals surface area (Å²) in [6.07, 6.45) is 7.02. The van der Waals surface area contributed by atoms with Crippen molar-refractivity contribution >= 4 is 5.91 Å². The second kappa shape index (κ2) is 5.94. The molecule has 1 heterocycles. The Labute approximate surface area is 107 Å². The van der Waals surface area contributed by atoms with Crippen LogP contribution in [0.1, 0.15) is 49.4 Å². The molecule has 1 aromatic heterocycles. The van der Waals surface area contributed by atoms with Crippen LogP contribution >= 0.6 is 0 Å². The molecular weight excluding hydrogens is 231 g/mol. The summed E-state index contributed by atoms with van der Waals surface area (Å²) in [7, 11) is 0. The van der Waals surface area contributed by atoms with Crippen molar-refractivity contribution in [1.82, 2.24) is 10.3 Å². The second-order valence-electron chi connectivity index (χ2n) is 5.04. The molecule has 1 aromatic rings. The molecule has 1 aliphatic rings. The Morgan fingerprint density at radius 1 is 1.39 bits per heavy atom. The maximum Gasteiger partial charge on any atom is 0.256 e. The van der Waals surface area contributed by atoms with Gasteiger partial charge in [-0.3, -0.25) is 4.79 Å². The maximum atomic E-state index is 13.4. The molecule has 1 amide bonds. The average Bonchev–Trinajstić information content (AvgIpc) is 2.55. The summed E-state index contributed by atoms with van der Waals surface area (Å²) in [6, 6.07) is 3.20. The molecular formula is C14H19FN2O. The average molecular weight is 250 g/mol. The van der Waals surface area contributed by atoms with Crippen LogP contribution in [0.2, 0.25) is 0 Å². The first-order chi connectivity index (χ1) is 8.68. The molecule has 1 saturated carbocycles. The number of hydrogen-bond acceptors (Lipinski definition) is 2. The topological polar surface area (TPSA) is 42.0 Å². The number of hydrogen-bond donors (Lipinski definition) is 1. The molecule has 0 bridgehead atoms. The SMILES string of the molecule is CC1CCCCCC1NC(=O)c1cccnc1F. The molecule has 1 N–H and O–H groups in total. The van der Waals surface area contributed by atoms with Gasteiger partial charge >= 0.3 is 0 Å². The quantitative estimate of drug-likeness (QED) is 0.647. The fourth-order valence-corrected chi connectivity index (χ4v) is 2.51. The van der Waals surface area contributed by atoms with E-state index in [1.165, 1.54) is 25.1 Å². The van der Waals surface area contributed by atoms with Crippen LogP contribution in [0.25, 0.3) is 0 Å². The predicted molar refractivity (Wildman–Crippen MR) is 67.7 cm³/mol. The number of aromatic nitrogens is 1. The molecule has 0 spiro atoms. The van der Waals surface area contributed by atoms with Crippen molar-refractivity contribution in [3.05, 3.63) is 29.8 Å². The van der Waals surface area contributed by atoms with Gasteiger partial charge in [-0.15, -0.1) is 0 Å². The molecule has 0 aliphatic heterocycles. The Balaban J connectivity index is 2.04. The zero-order valence-corrected chi connectivity index (χ0v) is 10.7. The molecule has 1 aliphatic carbocycles. The lowest BCUT2D eigenvalue weighted by Crippen LogP contribution is -2.39. The maximum absolute atomic E-state index is 13.4. The van der Waals surface area contributed by atoms with E-state index in [0.717, 1.165) is 19.3 Å². The Morgan fingerprint density at radius 3 is 2.94 bits per heavy atom. The van der Waals surface area contributed by atoms with E-state index in [1.54, 1.807) is 6.07 Å². The number of amides is 1. The van der Waals surface area contributed by atoms with Crippen LogP contribution in [0, 0.1) is 11.9 Å². The van der Waals surface area contributed by atoms with Crippen molar-refractivity contribution in [2.75, 3.05) is 0 Å². The molecule has 2 rings (SSSR count). The Kier molecular flexibility index (Phi) is 4.28. The van der Waals surface area contributed by atoms with Crippen molar-refractivity contribution in [3.8, 4) is 0 Å². The minimum Gasteiger partial charge on any atom is -0.349 e. The molecule has 98 valence electrons. The lowest BCUT2D eigenvalue weighted by molar-refractivity contribution is 0.0916. The summed E-state index contributed by atoms with van der Waals surface area (Å²) < 4.78 is 13.4. The standard InChI is InChI=1S/C14H19FN2O/c1-10-6-3-2-4-8-12(10)17-14(18)11-7-5-9-16-13(11)15/h5,7,9-10,12H,2-4,6,8H2,1H3,(H,17,18). The number of rotatable bonds is 2. The van der Waals surface area contributed by atoms with Gasteiger partial charge in [0.05, 0.1) is 5.56 Å². The Bertz CT molecular complexity index is 422. The van der Waals surface area contributed by atoms with Crippen LogP contribution < -0.4 is 5.32 Å². The Hall–Kier alpha value is -1.45. The zero-order valence-electron chi connectivity index (χ0n) is 10.7. The number of nitrogens with one attached hydrogen (secondary N) is 1. The van der Waals surface area contributed by atoms with Gasteiger partial charge in [0.1, 0.15) is 0 Å². The smallest absolute Gasteiger partial charge is 0.256 e. The second-order valence-corrected chi connectivity index (χ2v) is 5.04. The number of halogens is 1. The molecule has 2 unspecified atom stereocenters. The lowest BCUT2D eigenvalue weighted by atomic mass is 9.96. The highest BCUT2D eigenvalue weighted by molar-refractivity contribution is 5.94. The first-order valence-electron chi connectivity index (χ1n) is 6.60. The monoisotopic (exact) mass is 250 g/mol. The van der Waals surface area contributed by atoms with Crippen molar-refractivity contribution < 1.29 is 9.18 Å². The van der Waals surface area contributed by atoms with E-state index in [4.69, 9.17) is 0 Å². The molecule has 3 nitrogen and oxygen atoms in total. The molecule has 4 heteroatoms. The van der Waals surface area contributed by atoms with Gasteiger partial charge in [-0.1, -0.05) is 26.2 Å². The van der Waals surface area contributed by atoms with E-state index in [1.807, 2.05) is 0 Å². The van der Waals surface area contributed by atoms with E-state index >= 15 is 0 Å². The first-order valence-corrected chi connectivity index (χ1v) is 6.60. The van der Waals surface area contributed by atoms with Crippen molar-refractivity contribution in [3.63, 3.8) is 0 Å². The predicted octanol–water partition coefficient (Wildman–Crippen LogP) is 2.92. The normalized spacial score (nSPS) is 24.3. The fraction of sp³-hybridized carbons (Fsp3) is 0.571. The van der Waals surface area contributed by atoms with Gasteiger partial charge in [0.15, 0.2) is 0 Å². The third-order valence-corrected chi connectivity index (χ3v) is 3.68. The van der Waals surface area contributed by atoms with Crippen molar-refractivity contribution in [1.29, 1.82) is 0 Å². The summed E-state index contributed by atoms with van der Waals surface area (Å²) in [5.41, 5.74) is 0.0361. The first kappa shape index (κ1) is 13.0. The zero-order chi connectivity index (χ0) is 13.0. The van der Waals surface area contributed by atoms with Gasteiger partial charge < -0.3 is 5.32 Å². The summed E-state index contributed by atoms with van der Waals surface area (Å²) in [5, 5.41) is 2.95. The Morgan fingerprint density at radius 2 is 2.17 bits per heavy atom.